The van der Waals surface area contributed by atoms with Gasteiger partial charge in [0.2, 0.25) is 0 Å². The van der Waals surface area contributed by atoms with Crippen molar-refractivity contribution in [1.82, 2.24) is 0 Å². The van der Waals surface area contributed by atoms with Gasteiger partial charge in [0, 0.05) is 29.6 Å². The Morgan fingerprint density at radius 2 is 1.39 bits per heavy atom. The first-order chi connectivity index (χ1) is 10.5. The molecule has 1 aromatic rings. The van der Waals surface area contributed by atoms with E-state index in [1.807, 2.05) is 6.07 Å². The average Bonchev–Trinajstić information content (AvgIpc) is 2.49. The minimum absolute atomic E-state index is 0. The van der Waals surface area contributed by atoms with E-state index in [0.29, 0.717) is 0 Å². The smallest absolute Gasteiger partial charge is 0.282 e. The molecule has 3 nitrogen and oxygen atoms in total. The molecule has 127 valence electrons. The van der Waals surface area contributed by atoms with Gasteiger partial charge < -0.3 is 0 Å². The predicted octanol–water partition coefficient (Wildman–Crippen LogP) is 5.02. The largest absolute Gasteiger partial charge is 0.294 e. The summed E-state index contributed by atoms with van der Waals surface area (Å²) in [6, 6.07) is 6.61. The van der Waals surface area contributed by atoms with Gasteiger partial charge in [0.25, 0.3) is 10.1 Å². The van der Waals surface area contributed by atoms with Crippen molar-refractivity contribution in [3.05, 3.63) is 29.8 Å². The summed E-state index contributed by atoms with van der Waals surface area (Å²) >= 11 is 0. The van der Waals surface area contributed by atoms with E-state index in [-0.39, 0.29) is 34.5 Å². The van der Waals surface area contributed by atoms with Crippen LogP contribution in [0.25, 0.3) is 0 Å². The van der Waals surface area contributed by atoms with Crippen molar-refractivity contribution in [3.8, 4) is 0 Å². The fourth-order valence-corrected chi connectivity index (χ4v) is 3.23. The van der Waals surface area contributed by atoms with Crippen molar-refractivity contribution in [2.24, 2.45) is 0 Å². The maximum absolute atomic E-state index is 11.1. The van der Waals surface area contributed by atoms with Crippen molar-refractivity contribution in [2.75, 3.05) is 0 Å². The number of hydrogen-bond acceptors (Lipinski definition) is 2. The molecule has 1 radical (unpaired) electrons. The molecule has 0 bridgehead atoms. The summed E-state index contributed by atoms with van der Waals surface area (Å²) in [5.74, 6) is 0. The molecule has 5 heteroatoms. The van der Waals surface area contributed by atoms with Crippen LogP contribution in [0.2, 0.25) is 0 Å². The minimum atomic E-state index is -4.08. The molecule has 0 aliphatic carbocycles. The quantitative estimate of drug-likeness (QED) is 0.328. The van der Waals surface area contributed by atoms with E-state index in [2.05, 4.69) is 6.92 Å². The molecular weight excluding hydrogens is 319 g/mol. The Morgan fingerprint density at radius 3 is 1.91 bits per heavy atom. The second-order valence-corrected chi connectivity index (χ2v) is 7.48. The molecule has 0 saturated carbocycles. The van der Waals surface area contributed by atoms with Crippen LogP contribution >= 0.6 is 0 Å². The number of hydrogen-bond donors (Lipinski definition) is 1. The number of rotatable bonds is 12. The van der Waals surface area contributed by atoms with Crippen LogP contribution in [0.5, 0.6) is 0 Å². The molecule has 0 saturated heterocycles. The van der Waals surface area contributed by atoms with Crippen molar-refractivity contribution < 1.29 is 13.0 Å². The molecule has 1 rings (SSSR count). The van der Waals surface area contributed by atoms with Gasteiger partial charge in [0.05, 0.1) is 4.90 Å². The SMILES string of the molecule is CCCCCCCCCCCCc1cccc(S(=O)(=O)O)c1.[Na]. The van der Waals surface area contributed by atoms with E-state index in [0.717, 1.165) is 18.4 Å². The summed E-state index contributed by atoms with van der Waals surface area (Å²) < 4.78 is 31.2. The molecule has 1 N–H and O–H groups in total. The summed E-state index contributed by atoms with van der Waals surface area (Å²) in [5.41, 5.74) is 0.981. The molecule has 0 unspecified atom stereocenters. The molecular formula is C18H30NaO3S. The van der Waals surface area contributed by atoms with E-state index in [1.54, 1.807) is 12.1 Å². The van der Waals surface area contributed by atoms with Crippen molar-refractivity contribution in [3.63, 3.8) is 0 Å². The van der Waals surface area contributed by atoms with Gasteiger partial charge in [-0.2, -0.15) is 8.42 Å². The molecule has 0 atom stereocenters. The van der Waals surface area contributed by atoms with Gasteiger partial charge in [0.1, 0.15) is 0 Å². The molecule has 0 amide bonds. The summed E-state index contributed by atoms with van der Waals surface area (Å²) in [7, 11) is -4.08. The normalized spacial score (nSPS) is 11.2. The Hall–Kier alpha value is 0.130. The fraction of sp³-hybridized carbons (Fsp3) is 0.667. The summed E-state index contributed by atoms with van der Waals surface area (Å²) in [5, 5.41) is 0. The predicted molar refractivity (Wildman–Crippen MR) is 97.6 cm³/mol. The fourth-order valence-electron chi connectivity index (χ4n) is 2.68. The Morgan fingerprint density at radius 1 is 0.870 bits per heavy atom. The van der Waals surface area contributed by atoms with Crippen molar-refractivity contribution >= 4 is 39.7 Å². The molecule has 0 fully saturated rings. The van der Waals surface area contributed by atoms with Gasteiger partial charge in [-0.3, -0.25) is 4.55 Å². The summed E-state index contributed by atoms with van der Waals surface area (Å²) in [6.45, 7) is 2.24. The third kappa shape index (κ3) is 11.3. The summed E-state index contributed by atoms with van der Waals surface area (Å²) in [6.07, 6.45) is 13.8. The van der Waals surface area contributed by atoms with Crippen LogP contribution in [0.15, 0.2) is 29.2 Å². The minimum Gasteiger partial charge on any atom is -0.282 e. The Labute approximate surface area is 164 Å². The van der Waals surface area contributed by atoms with Crippen LogP contribution in [-0.2, 0) is 16.5 Å². The maximum atomic E-state index is 11.1. The third-order valence-electron chi connectivity index (χ3n) is 4.02. The average molecular weight is 349 g/mol. The molecule has 0 aliphatic heterocycles. The van der Waals surface area contributed by atoms with Gasteiger partial charge in [0.15, 0.2) is 0 Å². The second-order valence-electron chi connectivity index (χ2n) is 6.05. The van der Waals surface area contributed by atoms with Crippen LogP contribution in [0, 0.1) is 0 Å². The second kappa shape index (κ2) is 13.4. The Kier molecular flexibility index (Phi) is 13.5. The van der Waals surface area contributed by atoms with E-state index in [1.165, 1.54) is 63.9 Å². The molecule has 23 heavy (non-hydrogen) atoms. The first-order valence-corrected chi connectivity index (χ1v) is 10.0. The van der Waals surface area contributed by atoms with E-state index in [9.17, 15) is 8.42 Å². The third-order valence-corrected chi connectivity index (χ3v) is 4.86. The Balaban J connectivity index is 0.00000484. The van der Waals surface area contributed by atoms with Crippen LogP contribution in [0.1, 0.15) is 76.7 Å². The molecule has 1 aromatic carbocycles. The van der Waals surface area contributed by atoms with E-state index in [4.69, 9.17) is 4.55 Å². The van der Waals surface area contributed by atoms with Crippen LogP contribution in [0.3, 0.4) is 0 Å². The van der Waals surface area contributed by atoms with Gasteiger partial charge in [-0.15, -0.1) is 0 Å². The summed E-state index contributed by atoms with van der Waals surface area (Å²) in [4.78, 5) is -0.00270. The first kappa shape index (κ1) is 23.1. The van der Waals surface area contributed by atoms with Gasteiger partial charge in [-0.1, -0.05) is 76.8 Å². The molecule has 0 aliphatic rings. The van der Waals surface area contributed by atoms with E-state index < -0.39 is 10.1 Å². The zero-order chi connectivity index (χ0) is 16.3. The first-order valence-electron chi connectivity index (χ1n) is 8.60. The maximum Gasteiger partial charge on any atom is 0.294 e. The van der Waals surface area contributed by atoms with Crippen molar-refractivity contribution in [2.45, 2.75) is 82.4 Å². The van der Waals surface area contributed by atoms with Gasteiger partial charge in [-0.05, 0) is 30.5 Å². The number of unbranched alkanes of at least 4 members (excludes halogenated alkanes) is 9. The number of benzene rings is 1. The van der Waals surface area contributed by atoms with Gasteiger partial charge >= 0.3 is 0 Å². The molecule has 0 spiro atoms. The molecule has 0 aromatic heterocycles. The zero-order valence-corrected chi connectivity index (χ0v) is 17.6. The van der Waals surface area contributed by atoms with Crippen LogP contribution in [-0.4, -0.2) is 42.5 Å². The zero-order valence-electron chi connectivity index (χ0n) is 14.8. The molecule has 0 heterocycles. The Bertz CT molecular complexity index is 515. The topological polar surface area (TPSA) is 54.4 Å². The van der Waals surface area contributed by atoms with E-state index >= 15 is 0 Å². The van der Waals surface area contributed by atoms with Crippen LogP contribution in [0.4, 0.5) is 0 Å². The standard InChI is InChI=1S/C18H30O3S.Na/c1-2-3-4-5-6-7-8-9-10-11-13-17-14-12-15-18(16-17)22(19,20)21;/h12,14-16H,2-11,13H2,1H3,(H,19,20,21);. The van der Waals surface area contributed by atoms with Gasteiger partial charge in [-0.25, -0.2) is 0 Å². The monoisotopic (exact) mass is 349 g/mol. The van der Waals surface area contributed by atoms with Crippen LogP contribution < -0.4 is 0 Å². The number of aryl methyl sites for hydroxylation is 1. The van der Waals surface area contributed by atoms with Crippen molar-refractivity contribution in [1.29, 1.82) is 0 Å².